The van der Waals surface area contributed by atoms with Crippen LogP contribution in [0.25, 0.3) is 21.7 Å². The zero-order valence-electron chi connectivity index (χ0n) is 20.1. The predicted molar refractivity (Wildman–Crippen MR) is 130 cm³/mol. The average Bonchev–Trinajstić information content (AvgIpc) is 2.71. The van der Waals surface area contributed by atoms with Gasteiger partial charge in [0.15, 0.2) is 0 Å². The molecule has 2 aromatic heterocycles. The van der Waals surface area contributed by atoms with Crippen LogP contribution in [0.15, 0.2) is 35.3 Å². The normalized spacial score (nSPS) is 15.3. The molecule has 1 fully saturated rings. The molecule has 1 aliphatic rings. The fourth-order valence-corrected chi connectivity index (χ4v) is 4.41. The number of pyridine rings is 2. The van der Waals surface area contributed by atoms with E-state index in [-0.39, 0.29) is 11.6 Å². The first-order valence-electron chi connectivity index (χ1n) is 11.6. The molecule has 0 spiro atoms. The van der Waals surface area contributed by atoms with Crippen molar-refractivity contribution >= 4 is 27.8 Å². The Balaban J connectivity index is 1.56. The number of benzene rings is 1. The lowest BCUT2D eigenvalue weighted by Gasteiger charge is -2.30. The second kappa shape index (κ2) is 9.04. The quantitative estimate of drug-likeness (QED) is 0.542. The number of amides is 1. The number of nitrogens with one attached hydrogen (secondary N) is 1. The number of hydrogen-bond donors (Lipinski definition) is 1. The van der Waals surface area contributed by atoms with Crippen LogP contribution in [0.4, 0.5) is 4.79 Å². The number of aryl methyl sites for hydroxylation is 2. The third kappa shape index (κ3) is 5.13. The molecule has 1 saturated carbocycles. The first kappa shape index (κ1) is 23.1. The van der Waals surface area contributed by atoms with Gasteiger partial charge in [-0.05, 0) is 63.6 Å². The van der Waals surface area contributed by atoms with Crippen molar-refractivity contribution in [3.63, 3.8) is 0 Å². The monoisotopic (exact) mass is 451 g/mol. The highest BCUT2D eigenvalue weighted by atomic mass is 16.6. The molecule has 1 atom stereocenters. The maximum absolute atomic E-state index is 13.0. The molecule has 3 aromatic rings. The van der Waals surface area contributed by atoms with Gasteiger partial charge in [0.05, 0.1) is 22.6 Å². The SMILES string of the molecule is Cc1nccc2c1c(=O)n(C)c1cc(OC[C@H](CC3CCC3)NC(=O)OC(C)(C)C)ccc21. The van der Waals surface area contributed by atoms with Crippen LogP contribution in [-0.4, -0.2) is 33.9 Å². The second-order valence-electron chi connectivity index (χ2n) is 10.0. The molecule has 1 amide bonds. The first-order chi connectivity index (χ1) is 15.6. The molecule has 7 nitrogen and oxygen atoms in total. The molecule has 176 valence electrons. The Morgan fingerprint density at radius 3 is 2.67 bits per heavy atom. The third-order valence-electron chi connectivity index (χ3n) is 6.29. The van der Waals surface area contributed by atoms with Crippen LogP contribution >= 0.6 is 0 Å². The molecule has 7 heteroatoms. The van der Waals surface area contributed by atoms with Crippen LogP contribution in [0.5, 0.6) is 5.75 Å². The summed E-state index contributed by atoms with van der Waals surface area (Å²) in [6, 6.07) is 7.52. The van der Waals surface area contributed by atoms with Crippen LogP contribution < -0.4 is 15.6 Å². The topological polar surface area (TPSA) is 82.5 Å². The molecule has 1 aromatic carbocycles. The standard InChI is InChI=1S/C26H33N3O4/c1-16-23-21(11-12-27-16)20-10-9-19(14-22(20)29(5)24(23)30)32-15-18(13-17-7-6-8-17)28-25(31)33-26(2,3)4/h9-12,14,17-18H,6-8,13,15H2,1-5H3,(H,28,31)/t18-/m0/s1. The maximum Gasteiger partial charge on any atom is 0.407 e. The minimum absolute atomic E-state index is 0.0743. The molecule has 2 heterocycles. The number of carbonyl (C=O) groups is 1. The number of alkyl carbamates (subject to hydrolysis) is 1. The highest BCUT2D eigenvalue weighted by Crippen LogP contribution is 2.31. The van der Waals surface area contributed by atoms with E-state index in [1.165, 1.54) is 19.3 Å². The van der Waals surface area contributed by atoms with E-state index < -0.39 is 11.7 Å². The molecule has 0 unspecified atom stereocenters. The highest BCUT2D eigenvalue weighted by molar-refractivity contribution is 6.06. The Bertz CT molecular complexity index is 1240. The summed E-state index contributed by atoms with van der Waals surface area (Å²) in [7, 11) is 1.77. The Labute approximate surface area is 194 Å². The molecular formula is C26H33N3O4. The maximum atomic E-state index is 13.0. The van der Waals surface area contributed by atoms with E-state index >= 15 is 0 Å². The van der Waals surface area contributed by atoms with E-state index in [0.29, 0.717) is 23.7 Å². The van der Waals surface area contributed by atoms with Gasteiger partial charge in [0.1, 0.15) is 18.0 Å². The summed E-state index contributed by atoms with van der Waals surface area (Å²) in [6.07, 6.45) is 5.78. The van der Waals surface area contributed by atoms with Crippen LogP contribution in [0.1, 0.15) is 52.1 Å². The second-order valence-corrected chi connectivity index (χ2v) is 10.0. The molecule has 1 N–H and O–H groups in total. The van der Waals surface area contributed by atoms with Crippen molar-refractivity contribution in [2.45, 2.75) is 65.0 Å². The summed E-state index contributed by atoms with van der Waals surface area (Å²) in [5.41, 5.74) is 0.898. The van der Waals surface area contributed by atoms with E-state index in [9.17, 15) is 9.59 Å². The van der Waals surface area contributed by atoms with Crippen molar-refractivity contribution in [2.75, 3.05) is 6.61 Å². The van der Waals surface area contributed by atoms with Gasteiger partial charge >= 0.3 is 6.09 Å². The summed E-state index contributed by atoms with van der Waals surface area (Å²) in [6.45, 7) is 7.75. The van der Waals surface area contributed by atoms with E-state index in [2.05, 4.69) is 10.3 Å². The fraction of sp³-hybridized carbons (Fsp3) is 0.500. The molecular weight excluding hydrogens is 418 g/mol. The van der Waals surface area contributed by atoms with Gasteiger partial charge in [-0.15, -0.1) is 0 Å². The van der Waals surface area contributed by atoms with E-state index in [1.54, 1.807) is 17.8 Å². The van der Waals surface area contributed by atoms with Crippen LogP contribution in [0, 0.1) is 12.8 Å². The highest BCUT2D eigenvalue weighted by Gasteiger charge is 2.26. The number of aromatic nitrogens is 2. The van der Waals surface area contributed by atoms with Gasteiger partial charge < -0.3 is 19.4 Å². The largest absolute Gasteiger partial charge is 0.491 e. The third-order valence-corrected chi connectivity index (χ3v) is 6.29. The van der Waals surface area contributed by atoms with Crippen molar-refractivity contribution in [1.29, 1.82) is 0 Å². The van der Waals surface area contributed by atoms with Gasteiger partial charge in [0, 0.05) is 24.7 Å². The molecule has 0 bridgehead atoms. The number of nitrogens with zero attached hydrogens (tertiary/aromatic N) is 2. The Kier molecular flexibility index (Phi) is 6.32. The van der Waals surface area contributed by atoms with Gasteiger partial charge in [-0.1, -0.05) is 19.3 Å². The number of rotatable bonds is 6. The lowest BCUT2D eigenvalue weighted by atomic mass is 9.81. The van der Waals surface area contributed by atoms with Crippen molar-refractivity contribution < 1.29 is 14.3 Å². The van der Waals surface area contributed by atoms with E-state index in [0.717, 1.165) is 28.4 Å². The van der Waals surface area contributed by atoms with Crippen molar-refractivity contribution in [2.24, 2.45) is 13.0 Å². The van der Waals surface area contributed by atoms with E-state index in [1.807, 2.05) is 52.0 Å². The molecule has 0 saturated heterocycles. The molecule has 0 radical (unpaired) electrons. The summed E-state index contributed by atoms with van der Waals surface area (Å²) >= 11 is 0. The first-order valence-corrected chi connectivity index (χ1v) is 11.6. The predicted octanol–water partition coefficient (Wildman–Crippen LogP) is 4.86. The minimum Gasteiger partial charge on any atom is -0.491 e. The van der Waals surface area contributed by atoms with Crippen molar-refractivity contribution in [3.8, 4) is 5.75 Å². The zero-order chi connectivity index (χ0) is 23.8. The zero-order valence-corrected chi connectivity index (χ0v) is 20.1. The Morgan fingerprint density at radius 1 is 1.24 bits per heavy atom. The van der Waals surface area contributed by atoms with Crippen LogP contribution in [-0.2, 0) is 11.8 Å². The minimum atomic E-state index is -0.550. The summed E-state index contributed by atoms with van der Waals surface area (Å²) in [4.78, 5) is 29.6. The lowest BCUT2D eigenvalue weighted by Crippen LogP contribution is -2.43. The smallest absolute Gasteiger partial charge is 0.407 e. The number of fused-ring (bicyclic) bond motifs is 3. The van der Waals surface area contributed by atoms with E-state index in [4.69, 9.17) is 9.47 Å². The number of ether oxygens (including phenoxy) is 2. The number of carbonyl (C=O) groups excluding carboxylic acids is 1. The van der Waals surface area contributed by atoms with Gasteiger partial charge in [-0.2, -0.15) is 0 Å². The van der Waals surface area contributed by atoms with Gasteiger partial charge in [0.2, 0.25) is 0 Å². The lowest BCUT2D eigenvalue weighted by molar-refractivity contribution is 0.0471. The molecule has 33 heavy (non-hydrogen) atoms. The van der Waals surface area contributed by atoms with Crippen molar-refractivity contribution in [3.05, 3.63) is 46.5 Å². The molecule has 4 rings (SSSR count). The van der Waals surface area contributed by atoms with Gasteiger partial charge in [0.25, 0.3) is 5.56 Å². The Hall–Kier alpha value is -3.09. The Morgan fingerprint density at radius 2 is 2.00 bits per heavy atom. The van der Waals surface area contributed by atoms with Gasteiger partial charge in [-0.25, -0.2) is 4.79 Å². The summed E-state index contributed by atoms with van der Waals surface area (Å²) < 4.78 is 13.2. The van der Waals surface area contributed by atoms with Crippen LogP contribution in [0.2, 0.25) is 0 Å². The fourth-order valence-electron chi connectivity index (χ4n) is 4.41. The number of hydrogen-bond acceptors (Lipinski definition) is 5. The molecule has 1 aliphatic carbocycles. The van der Waals surface area contributed by atoms with Crippen LogP contribution in [0.3, 0.4) is 0 Å². The van der Waals surface area contributed by atoms with Crippen molar-refractivity contribution in [1.82, 2.24) is 14.9 Å². The van der Waals surface area contributed by atoms with Gasteiger partial charge in [-0.3, -0.25) is 9.78 Å². The average molecular weight is 452 g/mol. The summed E-state index contributed by atoms with van der Waals surface area (Å²) in [5.74, 6) is 1.27. The molecule has 0 aliphatic heterocycles. The summed E-state index contributed by atoms with van der Waals surface area (Å²) in [5, 5.41) is 5.49.